The first-order valence-electron chi connectivity index (χ1n) is 10.6. The van der Waals surface area contributed by atoms with Gasteiger partial charge in [0, 0.05) is 12.3 Å². The van der Waals surface area contributed by atoms with Gasteiger partial charge in [-0.3, -0.25) is 9.59 Å². The van der Waals surface area contributed by atoms with Crippen LogP contribution in [0.3, 0.4) is 0 Å². The first kappa shape index (κ1) is 19.0. The van der Waals surface area contributed by atoms with Crippen LogP contribution in [0.1, 0.15) is 72.1 Å². The average Bonchev–Trinajstić information content (AvgIpc) is 2.81. The first-order chi connectivity index (χ1) is 12.7. The molecule has 4 saturated carbocycles. The lowest BCUT2D eigenvalue weighted by Crippen LogP contribution is -2.60. The van der Waals surface area contributed by atoms with E-state index in [-0.39, 0.29) is 28.9 Å². The van der Waals surface area contributed by atoms with Crippen molar-refractivity contribution in [1.29, 1.82) is 0 Å². The van der Waals surface area contributed by atoms with Crippen molar-refractivity contribution in [2.45, 2.75) is 78.2 Å². The summed E-state index contributed by atoms with van der Waals surface area (Å²) < 4.78 is 11.2. The zero-order chi connectivity index (χ0) is 19.6. The van der Waals surface area contributed by atoms with Crippen molar-refractivity contribution < 1.29 is 19.1 Å². The number of ether oxygens (including phenoxy) is 2. The molecule has 4 rings (SSSR count). The Kier molecular flexibility index (Phi) is 4.29. The smallest absolute Gasteiger partial charge is 0.311 e. The van der Waals surface area contributed by atoms with Crippen LogP contribution < -0.4 is 0 Å². The van der Waals surface area contributed by atoms with E-state index in [1.807, 2.05) is 0 Å². The monoisotopic (exact) mass is 374 g/mol. The molecule has 0 aromatic carbocycles. The number of methoxy groups -OCH3 is 1. The Balaban J connectivity index is 1.75. The van der Waals surface area contributed by atoms with Crippen molar-refractivity contribution in [1.82, 2.24) is 0 Å². The summed E-state index contributed by atoms with van der Waals surface area (Å²) in [6.07, 6.45) is 8.43. The molecule has 7 atom stereocenters. The first-order valence-corrected chi connectivity index (χ1v) is 10.6. The maximum atomic E-state index is 12.8. The quantitative estimate of drug-likeness (QED) is 0.521. The molecule has 0 unspecified atom stereocenters. The summed E-state index contributed by atoms with van der Waals surface area (Å²) in [5.74, 6) is 1.06. The van der Waals surface area contributed by atoms with Crippen LogP contribution in [0.4, 0.5) is 0 Å². The molecule has 0 heterocycles. The lowest BCUT2D eigenvalue weighted by Gasteiger charge is -2.64. The molecule has 0 amide bonds. The second kappa shape index (κ2) is 6.09. The maximum Gasteiger partial charge on any atom is 0.311 e. The highest BCUT2D eigenvalue weighted by Gasteiger charge is 2.68. The van der Waals surface area contributed by atoms with Crippen LogP contribution in [0.25, 0.3) is 0 Å². The summed E-state index contributed by atoms with van der Waals surface area (Å²) in [5, 5.41) is 0. The van der Waals surface area contributed by atoms with E-state index in [1.165, 1.54) is 14.0 Å². The van der Waals surface area contributed by atoms with E-state index in [2.05, 4.69) is 20.4 Å². The third-order valence-electron chi connectivity index (χ3n) is 9.11. The minimum atomic E-state index is -0.396. The topological polar surface area (TPSA) is 52.6 Å². The summed E-state index contributed by atoms with van der Waals surface area (Å²) >= 11 is 0. The molecule has 2 bridgehead atoms. The lowest BCUT2D eigenvalue weighted by molar-refractivity contribution is -0.197. The van der Waals surface area contributed by atoms with E-state index >= 15 is 0 Å². The second-order valence-electron chi connectivity index (χ2n) is 10.2. The van der Waals surface area contributed by atoms with Crippen molar-refractivity contribution in [3.05, 3.63) is 12.2 Å². The number of hydrogen-bond acceptors (Lipinski definition) is 4. The number of carbonyl (C=O) groups is 2. The highest BCUT2D eigenvalue weighted by molar-refractivity contribution is 5.77. The van der Waals surface area contributed by atoms with Gasteiger partial charge in [0.15, 0.2) is 0 Å². The molecule has 0 aliphatic heterocycles. The third-order valence-corrected chi connectivity index (χ3v) is 9.11. The van der Waals surface area contributed by atoms with Crippen LogP contribution in [-0.2, 0) is 19.1 Å². The van der Waals surface area contributed by atoms with E-state index in [1.54, 1.807) is 0 Å². The number of rotatable bonds is 2. The van der Waals surface area contributed by atoms with Gasteiger partial charge in [-0.05, 0) is 80.6 Å². The molecule has 4 aliphatic carbocycles. The van der Waals surface area contributed by atoms with Gasteiger partial charge >= 0.3 is 11.9 Å². The Morgan fingerprint density at radius 1 is 1.07 bits per heavy atom. The molecule has 0 aromatic heterocycles. The molecule has 0 aromatic rings. The van der Waals surface area contributed by atoms with Gasteiger partial charge in [-0.2, -0.15) is 0 Å². The summed E-state index contributed by atoms with van der Waals surface area (Å²) in [6.45, 7) is 10.4. The third kappa shape index (κ3) is 2.40. The van der Waals surface area contributed by atoms with Gasteiger partial charge in [-0.15, -0.1) is 0 Å². The standard InChI is InChI=1S/C23H34O4/c1-14-16-7-8-18-21(3)10-6-11-22(4,20(25)26-5)17(21)9-12-23(18,13-16)19(14)27-15(2)24/h16-19H,1,6-13H2,2-5H3/t16-,17+,18+,19+,21-,22-,23-/m1/s1. The number of fused-ring (bicyclic) bond motifs is 3. The van der Waals surface area contributed by atoms with Crippen molar-refractivity contribution in [2.75, 3.05) is 7.11 Å². The normalized spacial score (nSPS) is 48.4. The van der Waals surface area contributed by atoms with Gasteiger partial charge in [0.1, 0.15) is 6.10 Å². The SMILES string of the molecule is C=C1[C@@H]2CC[C@H]3[C@]4(C)CCC[C@@](C)(C(=O)OC)[C@H]4CC[C@]3(C2)[C@H]1OC(C)=O. The maximum absolute atomic E-state index is 12.8. The molecular formula is C23H34O4. The summed E-state index contributed by atoms with van der Waals surface area (Å²) in [7, 11) is 1.52. The van der Waals surface area contributed by atoms with E-state index in [9.17, 15) is 9.59 Å². The zero-order valence-corrected chi connectivity index (χ0v) is 17.3. The number of carbonyl (C=O) groups excluding carboxylic acids is 2. The van der Waals surface area contributed by atoms with Crippen LogP contribution >= 0.6 is 0 Å². The van der Waals surface area contributed by atoms with Crippen molar-refractivity contribution in [2.24, 2.45) is 34.0 Å². The van der Waals surface area contributed by atoms with Gasteiger partial charge in [0.25, 0.3) is 0 Å². The van der Waals surface area contributed by atoms with Gasteiger partial charge < -0.3 is 9.47 Å². The average molecular weight is 375 g/mol. The highest BCUT2D eigenvalue weighted by atomic mass is 16.5. The Morgan fingerprint density at radius 2 is 1.81 bits per heavy atom. The van der Waals surface area contributed by atoms with Crippen LogP contribution in [-0.4, -0.2) is 25.2 Å². The van der Waals surface area contributed by atoms with Crippen LogP contribution in [0.2, 0.25) is 0 Å². The highest BCUT2D eigenvalue weighted by Crippen LogP contribution is 2.72. The predicted octanol–water partition coefficient (Wildman–Crippen LogP) is 4.67. The fourth-order valence-corrected chi connectivity index (χ4v) is 8.17. The van der Waals surface area contributed by atoms with Crippen molar-refractivity contribution in [3.8, 4) is 0 Å². The molecule has 4 aliphatic rings. The summed E-state index contributed by atoms with van der Waals surface area (Å²) in [4.78, 5) is 24.6. The van der Waals surface area contributed by atoms with Crippen LogP contribution in [0, 0.1) is 34.0 Å². The molecule has 4 nitrogen and oxygen atoms in total. The Hall–Kier alpha value is -1.32. The van der Waals surface area contributed by atoms with Gasteiger partial charge in [0.05, 0.1) is 12.5 Å². The minimum Gasteiger partial charge on any atom is -0.469 e. The number of esters is 2. The Morgan fingerprint density at radius 3 is 2.48 bits per heavy atom. The van der Waals surface area contributed by atoms with E-state index in [4.69, 9.17) is 9.47 Å². The van der Waals surface area contributed by atoms with Crippen molar-refractivity contribution in [3.63, 3.8) is 0 Å². The fourth-order valence-electron chi connectivity index (χ4n) is 8.17. The molecule has 0 saturated heterocycles. The largest absolute Gasteiger partial charge is 0.469 e. The molecule has 4 fully saturated rings. The molecule has 4 heteroatoms. The lowest BCUT2D eigenvalue weighted by atomic mass is 9.40. The van der Waals surface area contributed by atoms with E-state index < -0.39 is 5.41 Å². The van der Waals surface area contributed by atoms with Gasteiger partial charge in [-0.25, -0.2) is 0 Å². The Bertz CT molecular complexity index is 684. The molecule has 0 radical (unpaired) electrons. The number of hydrogen-bond donors (Lipinski definition) is 0. The molecule has 1 spiro atoms. The van der Waals surface area contributed by atoms with E-state index in [0.29, 0.717) is 17.8 Å². The van der Waals surface area contributed by atoms with Gasteiger partial charge in [-0.1, -0.05) is 19.9 Å². The minimum absolute atomic E-state index is 0.0191. The molecular weight excluding hydrogens is 340 g/mol. The van der Waals surface area contributed by atoms with Crippen molar-refractivity contribution >= 4 is 11.9 Å². The van der Waals surface area contributed by atoms with Crippen LogP contribution in [0.5, 0.6) is 0 Å². The fraction of sp³-hybridized carbons (Fsp3) is 0.826. The molecule has 150 valence electrons. The van der Waals surface area contributed by atoms with E-state index in [0.717, 1.165) is 56.9 Å². The molecule has 27 heavy (non-hydrogen) atoms. The predicted molar refractivity (Wildman–Crippen MR) is 103 cm³/mol. The van der Waals surface area contributed by atoms with Crippen LogP contribution in [0.15, 0.2) is 12.2 Å². The second-order valence-corrected chi connectivity index (χ2v) is 10.2. The summed E-state index contributed by atoms with van der Waals surface area (Å²) in [6, 6.07) is 0. The summed E-state index contributed by atoms with van der Waals surface area (Å²) in [5.41, 5.74) is 0.854. The molecule has 0 N–H and O–H groups in total. The zero-order valence-electron chi connectivity index (χ0n) is 17.3. The Labute approximate surface area is 163 Å². The van der Waals surface area contributed by atoms with Gasteiger partial charge in [0.2, 0.25) is 0 Å².